The number of benzene rings is 1. The molecule has 0 radical (unpaired) electrons. The fraction of sp³-hybridized carbons (Fsp3) is 0.690. The molecule has 3 rings (SSSR count). The van der Waals surface area contributed by atoms with Gasteiger partial charge in [0.1, 0.15) is 6.04 Å². The van der Waals surface area contributed by atoms with E-state index in [1.165, 1.54) is 51.4 Å². The highest BCUT2D eigenvalue weighted by molar-refractivity contribution is 7.99. The zero-order chi connectivity index (χ0) is 26.1. The summed E-state index contributed by atoms with van der Waals surface area (Å²) in [5, 5.41) is 6.15. The number of hydrogen-bond acceptors (Lipinski definition) is 5. The lowest BCUT2D eigenvalue weighted by atomic mass is 9.84. The van der Waals surface area contributed by atoms with Crippen LogP contribution in [0.5, 0.6) is 0 Å². The fourth-order valence-electron chi connectivity index (χ4n) is 5.21. The number of unbranched alkanes of at least 4 members (excludes halogenated alkanes) is 5. The molecule has 2 aliphatic heterocycles. The number of nitrogens with zero attached hydrogens (tertiary/aromatic N) is 1. The monoisotopic (exact) mass is 515 g/mol. The molecular weight excluding hydrogens is 470 g/mol. The van der Waals surface area contributed by atoms with Gasteiger partial charge in [0.2, 0.25) is 11.8 Å². The molecule has 2 heterocycles. The molecule has 7 heteroatoms. The van der Waals surface area contributed by atoms with Crippen molar-refractivity contribution < 1.29 is 14.4 Å². The van der Waals surface area contributed by atoms with Gasteiger partial charge in [-0.15, -0.1) is 11.8 Å². The van der Waals surface area contributed by atoms with Gasteiger partial charge < -0.3 is 10.2 Å². The molecule has 1 aromatic rings. The zero-order valence-electron chi connectivity index (χ0n) is 22.7. The maximum Gasteiger partial charge on any atom is 0.255 e. The van der Waals surface area contributed by atoms with E-state index >= 15 is 0 Å². The van der Waals surface area contributed by atoms with Crippen LogP contribution in [0.2, 0.25) is 0 Å². The van der Waals surface area contributed by atoms with Gasteiger partial charge in [-0.3, -0.25) is 19.7 Å². The Morgan fingerprint density at radius 2 is 1.81 bits per heavy atom. The van der Waals surface area contributed by atoms with Gasteiger partial charge in [0.15, 0.2) is 0 Å². The molecule has 1 aromatic carbocycles. The van der Waals surface area contributed by atoms with Crippen LogP contribution in [0.4, 0.5) is 0 Å². The Morgan fingerprint density at radius 3 is 2.50 bits per heavy atom. The highest BCUT2D eigenvalue weighted by atomic mass is 32.2. The molecule has 0 bridgehead atoms. The summed E-state index contributed by atoms with van der Waals surface area (Å²) in [5.41, 5.74) is 2.05. The van der Waals surface area contributed by atoms with Crippen molar-refractivity contribution in [1.82, 2.24) is 15.5 Å². The molecule has 2 N–H and O–H groups in total. The van der Waals surface area contributed by atoms with Crippen LogP contribution in [0.1, 0.15) is 108 Å². The van der Waals surface area contributed by atoms with Crippen molar-refractivity contribution in [3.8, 4) is 0 Å². The van der Waals surface area contributed by atoms with Gasteiger partial charge in [-0.1, -0.05) is 65.9 Å². The standard InChI is InChI=1S/C29H45N3O3S/c1-5-13-25(29(2,3)4)30-18-10-8-6-7-9-11-19-36-24-15-12-14-21-22(24)20-32(28(21)35)23-16-17-26(33)31-27(23)34/h12,14-15,23,25,30H,5-11,13,16-20H2,1-4H3,(H,31,33,34). The predicted octanol–water partition coefficient (Wildman–Crippen LogP) is 5.68. The molecule has 36 heavy (non-hydrogen) atoms. The van der Waals surface area contributed by atoms with Crippen molar-refractivity contribution in [2.75, 3.05) is 12.3 Å². The van der Waals surface area contributed by atoms with Crippen LogP contribution >= 0.6 is 11.8 Å². The SMILES string of the molecule is CCCC(NCCCCCCCCSc1cccc2c1CN(C1CCC(=O)NC1=O)C2=O)C(C)(C)C. The molecular formula is C29H45N3O3S. The Bertz CT molecular complexity index is 912. The number of amides is 3. The zero-order valence-corrected chi connectivity index (χ0v) is 23.5. The van der Waals surface area contributed by atoms with E-state index in [2.05, 4.69) is 44.4 Å². The second-order valence-electron chi connectivity index (χ2n) is 11.3. The molecule has 1 saturated heterocycles. The number of fused-ring (bicyclic) bond motifs is 1. The first-order valence-electron chi connectivity index (χ1n) is 13.8. The molecule has 3 amide bonds. The molecule has 2 unspecified atom stereocenters. The summed E-state index contributed by atoms with van der Waals surface area (Å²) in [6.07, 6.45) is 10.7. The van der Waals surface area contributed by atoms with E-state index < -0.39 is 6.04 Å². The van der Waals surface area contributed by atoms with Crippen LogP contribution in [-0.2, 0) is 16.1 Å². The van der Waals surface area contributed by atoms with Gasteiger partial charge in [0, 0.05) is 29.5 Å². The first-order valence-corrected chi connectivity index (χ1v) is 14.8. The lowest BCUT2D eigenvalue weighted by Gasteiger charge is -2.31. The summed E-state index contributed by atoms with van der Waals surface area (Å²) in [7, 11) is 0. The van der Waals surface area contributed by atoms with Crippen LogP contribution in [-0.4, -0.2) is 47.0 Å². The molecule has 0 saturated carbocycles. The highest BCUT2D eigenvalue weighted by Gasteiger charge is 2.39. The topological polar surface area (TPSA) is 78.5 Å². The van der Waals surface area contributed by atoms with Gasteiger partial charge in [-0.25, -0.2) is 0 Å². The number of carbonyl (C=O) groups is 3. The van der Waals surface area contributed by atoms with Crippen LogP contribution in [0.15, 0.2) is 23.1 Å². The Kier molecular flexibility index (Phi) is 10.9. The van der Waals surface area contributed by atoms with Crippen LogP contribution in [0.3, 0.4) is 0 Å². The second kappa shape index (κ2) is 13.6. The second-order valence-corrected chi connectivity index (χ2v) is 12.5. The van der Waals surface area contributed by atoms with E-state index in [9.17, 15) is 14.4 Å². The minimum atomic E-state index is -0.554. The molecule has 6 nitrogen and oxygen atoms in total. The number of carbonyl (C=O) groups excluding carboxylic acids is 3. The summed E-state index contributed by atoms with van der Waals surface area (Å²) in [6, 6.07) is 5.92. The molecule has 0 aromatic heterocycles. The van der Waals surface area contributed by atoms with Gasteiger partial charge in [-0.2, -0.15) is 0 Å². The van der Waals surface area contributed by atoms with E-state index in [4.69, 9.17) is 0 Å². The number of rotatable bonds is 14. The summed E-state index contributed by atoms with van der Waals surface area (Å²) >= 11 is 1.82. The fourth-order valence-corrected chi connectivity index (χ4v) is 6.31. The van der Waals surface area contributed by atoms with Crippen molar-refractivity contribution in [2.45, 2.75) is 115 Å². The minimum Gasteiger partial charge on any atom is -0.322 e. The summed E-state index contributed by atoms with van der Waals surface area (Å²) < 4.78 is 0. The van der Waals surface area contributed by atoms with Crippen molar-refractivity contribution in [3.05, 3.63) is 29.3 Å². The maximum atomic E-state index is 13.0. The Hall–Kier alpha value is -1.86. The molecule has 2 atom stereocenters. The number of thioether (sulfide) groups is 1. The van der Waals surface area contributed by atoms with Gasteiger partial charge in [0.05, 0.1) is 0 Å². The first-order chi connectivity index (χ1) is 17.2. The number of nitrogens with one attached hydrogen (secondary N) is 2. The maximum absolute atomic E-state index is 13.0. The Morgan fingerprint density at radius 1 is 1.08 bits per heavy atom. The van der Waals surface area contributed by atoms with E-state index in [-0.39, 0.29) is 24.1 Å². The third-order valence-corrected chi connectivity index (χ3v) is 8.57. The smallest absolute Gasteiger partial charge is 0.255 e. The van der Waals surface area contributed by atoms with Crippen LogP contribution in [0.25, 0.3) is 0 Å². The van der Waals surface area contributed by atoms with Gasteiger partial charge >= 0.3 is 0 Å². The van der Waals surface area contributed by atoms with Gasteiger partial charge in [-0.05, 0) is 61.1 Å². The average Bonchev–Trinajstić information content (AvgIpc) is 3.16. The van der Waals surface area contributed by atoms with Crippen LogP contribution in [0, 0.1) is 5.41 Å². The minimum absolute atomic E-state index is 0.0973. The Labute approximate surface area is 221 Å². The summed E-state index contributed by atoms with van der Waals surface area (Å²) in [6.45, 7) is 10.8. The van der Waals surface area contributed by atoms with E-state index in [1.807, 2.05) is 23.9 Å². The number of piperidine rings is 1. The quantitative estimate of drug-likeness (QED) is 0.189. The summed E-state index contributed by atoms with van der Waals surface area (Å²) in [4.78, 5) is 39.5. The normalized spacial score (nSPS) is 18.9. The van der Waals surface area contributed by atoms with E-state index in [0.29, 0.717) is 30.0 Å². The van der Waals surface area contributed by atoms with E-state index in [1.54, 1.807) is 4.90 Å². The number of imide groups is 1. The van der Waals surface area contributed by atoms with Gasteiger partial charge in [0.25, 0.3) is 5.91 Å². The summed E-state index contributed by atoms with van der Waals surface area (Å²) in [5.74, 6) is 0.330. The van der Waals surface area contributed by atoms with Crippen LogP contribution < -0.4 is 10.6 Å². The lowest BCUT2D eigenvalue weighted by molar-refractivity contribution is -0.136. The lowest BCUT2D eigenvalue weighted by Crippen LogP contribution is -2.52. The predicted molar refractivity (Wildman–Crippen MR) is 147 cm³/mol. The average molecular weight is 516 g/mol. The highest BCUT2D eigenvalue weighted by Crippen LogP contribution is 2.34. The Balaban J connectivity index is 1.33. The molecule has 2 aliphatic rings. The third kappa shape index (κ3) is 7.82. The van der Waals surface area contributed by atoms with E-state index in [0.717, 1.165) is 22.8 Å². The first kappa shape index (κ1) is 28.7. The van der Waals surface area contributed by atoms with Crippen molar-refractivity contribution in [1.29, 1.82) is 0 Å². The van der Waals surface area contributed by atoms with Crippen molar-refractivity contribution in [3.63, 3.8) is 0 Å². The third-order valence-electron chi connectivity index (χ3n) is 7.38. The molecule has 200 valence electrons. The molecule has 1 fully saturated rings. The molecule has 0 aliphatic carbocycles. The van der Waals surface area contributed by atoms with Crippen molar-refractivity contribution >= 4 is 29.5 Å². The largest absolute Gasteiger partial charge is 0.322 e. The number of hydrogen-bond donors (Lipinski definition) is 2. The van der Waals surface area contributed by atoms with Crippen molar-refractivity contribution in [2.24, 2.45) is 5.41 Å². The molecule has 0 spiro atoms.